The van der Waals surface area contributed by atoms with Gasteiger partial charge in [0.2, 0.25) is 5.91 Å². The predicted octanol–water partition coefficient (Wildman–Crippen LogP) is 3.04. The highest BCUT2D eigenvalue weighted by molar-refractivity contribution is 7.91. The molecule has 2 aromatic carbocycles. The smallest absolute Gasteiger partial charge is 0.221 e. The van der Waals surface area contributed by atoms with Crippen LogP contribution in [0.3, 0.4) is 0 Å². The van der Waals surface area contributed by atoms with Crippen LogP contribution in [0.1, 0.15) is 36.3 Å². The van der Waals surface area contributed by atoms with Crippen molar-refractivity contribution in [1.29, 1.82) is 0 Å². The first kappa shape index (κ1) is 18.6. The van der Waals surface area contributed by atoms with Gasteiger partial charge < -0.3 is 5.32 Å². The van der Waals surface area contributed by atoms with E-state index in [0.717, 1.165) is 5.56 Å². The highest BCUT2D eigenvalue weighted by Gasteiger charge is 2.26. The molecule has 0 aliphatic carbocycles. The first-order valence-electron chi connectivity index (χ1n) is 8.74. The Balaban J connectivity index is 1.74. The quantitative estimate of drug-likeness (QED) is 0.874. The van der Waals surface area contributed by atoms with E-state index in [2.05, 4.69) is 5.32 Å². The molecule has 0 bridgehead atoms. The number of hydrogen-bond acceptors (Lipinski definition) is 3. The maximum absolute atomic E-state index is 14.3. The second-order valence-electron chi connectivity index (χ2n) is 6.68. The van der Waals surface area contributed by atoms with Crippen molar-refractivity contribution in [3.63, 3.8) is 0 Å². The molecular weight excluding hydrogens is 353 g/mol. The minimum atomic E-state index is -2.97. The van der Waals surface area contributed by atoms with Gasteiger partial charge >= 0.3 is 0 Å². The molecule has 0 aromatic heterocycles. The minimum Gasteiger partial charge on any atom is -0.353 e. The normalized spacial score (nSPS) is 18.2. The van der Waals surface area contributed by atoms with E-state index in [1.54, 1.807) is 18.2 Å². The van der Waals surface area contributed by atoms with Gasteiger partial charge in [0.05, 0.1) is 11.5 Å². The lowest BCUT2D eigenvalue weighted by Gasteiger charge is -2.25. The second kappa shape index (κ2) is 7.99. The Hall–Kier alpha value is -2.21. The van der Waals surface area contributed by atoms with Gasteiger partial charge in [-0.2, -0.15) is 0 Å². The Morgan fingerprint density at radius 3 is 2.31 bits per heavy atom. The van der Waals surface area contributed by atoms with Gasteiger partial charge in [-0.25, -0.2) is 12.8 Å². The van der Waals surface area contributed by atoms with Gasteiger partial charge in [0.15, 0.2) is 0 Å². The third kappa shape index (κ3) is 4.69. The van der Waals surface area contributed by atoms with Crippen LogP contribution in [0.15, 0.2) is 54.6 Å². The summed E-state index contributed by atoms with van der Waals surface area (Å²) in [4.78, 5) is 12.6. The maximum atomic E-state index is 14.3. The van der Waals surface area contributed by atoms with E-state index in [1.807, 2.05) is 30.3 Å². The average molecular weight is 375 g/mol. The molecule has 1 heterocycles. The van der Waals surface area contributed by atoms with Crippen molar-refractivity contribution in [2.24, 2.45) is 0 Å². The monoisotopic (exact) mass is 375 g/mol. The van der Waals surface area contributed by atoms with Gasteiger partial charge in [0.1, 0.15) is 15.7 Å². The molecule has 0 radical (unpaired) electrons. The van der Waals surface area contributed by atoms with Crippen LogP contribution in [0.25, 0.3) is 0 Å². The Bertz CT molecular complexity index is 854. The number of nitrogens with one attached hydrogen (secondary N) is 1. The van der Waals surface area contributed by atoms with E-state index in [9.17, 15) is 17.6 Å². The molecule has 0 spiro atoms. The lowest BCUT2D eigenvalue weighted by atomic mass is 9.88. The number of hydrogen-bond donors (Lipinski definition) is 1. The summed E-state index contributed by atoms with van der Waals surface area (Å²) >= 11 is 0. The van der Waals surface area contributed by atoms with Crippen LogP contribution >= 0.6 is 0 Å². The first-order chi connectivity index (χ1) is 12.4. The molecule has 1 aliphatic heterocycles. The number of benzene rings is 2. The van der Waals surface area contributed by atoms with E-state index in [4.69, 9.17) is 0 Å². The summed E-state index contributed by atoms with van der Waals surface area (Å²) in [6.45, 7) is 0. The molecule has 0 saturated carbocycles. The fourth-order valence-corrected chi connectivity index (χ4v) is 4.85. The van der Waals surface area contributed by atoms with Crippen molar-refractivity contribution in [3.05, 3.63) is 71.5 Å². The lowest BCUT2D eigenvalue weighted by Crippen LogP contribution is -2.41. The molecule has 1 amide bonds. The number of rotatable bonds is 5. The standard InChI is InChI=1S/C20H22FNO3S/c21-19-9-5-4-8-17(19)18(15-6-2-1-3-7-15)14-20(23)22-16-10-12-26(24,25)13-11-16/h1-9,16,18H,10-14H2,(H,22,23)/t18-/m0/s1. The zero-order valence-electron chi connectivity index (χ0n) is 14.4. The summed E-state index contributed by atoms with van der Waals surface area (Å²) in [7, 11) is -2.97. The zero-order valence-corrected chi connectivity index (χ0v) is 15.2. The van der Waals surface area contributed by atoms with E-state index in [1.165, 1.54) is 6.07 Å². The fourth-order valence-electron chi connectivity index (χ4n) is 3.36. The SMILES string of the molecule is O=C(C[C@@H](c1ccccc1)c1ccccc1F)NC1CCS(=O)(=O)CC1. The van der Waals surface area contributed by atoms with Crippen LogP contribution in [0, 0.1) is 5.82 Å². The van der Waals surface area contributed by atoms with Gasteiger partial charge in [-0.15, -0.1) is 0 Å². The number of halogens is 1. The molecule has 1 N–H and O–H groups in total. The van der Waals surface area contributed by atoms with Crippen LogP contribution in [0.2, 0.25) is 0 Å². The predicted molar refractivity (Wildman–Crippen MR) is 99.1 cm³/mol. The van der Waals surface area contributed by atoms with E-state index in [-0.39, 0.29) is 41.6 Å². The van der Waals surface area contributed by atoms with Crippen molar-refractivity contribution in [2.45, 2.75) is 31.2 Å². The topological polar surface area (TPSA) is 63.2 Å². The number of carbonyl (C=O) groups is 1. The Kier molecular flexibility index (Phi) is 5.71. The van der Waals surface area contributed by atoms with Crippen LogP contribution < -0.4 is 5.32 Å². The maximum Gasteiger partial charge on any atom is 0.221 e. The molecule has 1 atom stereocenters. The van der Waals surface area contributed by atoms with E-state index in [0.29, 0.717) is 18.4 Å². The Labute approximate surface area is 153 Å². The summed E-state index contributed by atoms with van der Waals surface area (Å²) < 4.78 is 37.3. The van der Waals surface area contributed by atoms with Crippen molar-refractivity contribution >= 4 is 15.7 Å². The zero-order chi connectivity index (χ0) is 18.6. The lowest BCUT2D eigenvalue weighted by molar-refractivity contribution is -0.122. The minimum absolute atomic E-state index is 0.105. The molecule has 26 heavy (non-hydrogen) atoms. The van der Waals surface area contributed by atoms with Crippen molar-refractivity contribution in [1.82, 2.24) is 5.32 Å². The highest BCUT2D eigenvalue weighted by Crippen LogP contribution is 2.30. The molecule has 1 aliphatic rings. The molecule has 3 rings (SSSR count). The first-order valence-corrected chi connectivity index (χ1v) is 10.6. The fraction of sp³-hybridized carbons (Fsp3) is 0.350. The van der Waals surface area contributed by atoms with E-state index >= 15 is 0 Å². The van der Waals surface area contributed by atoms with Crippen LogP contribution in [0.5, 0.6) is 0 Å². The van der Waals surface area contributed by atoms with Gasteiger partial charge in [-0.3, -0.25) is 4.79 Å². The van der Waals surface area contributed by atoms with Gasteiger partial charge in [0.25, 0.3) is 0 Å². The van der Waals surface area contributed by atoms with Crippen LogP contribution in [-0.4, -0.2) is 31.9 Å². The van der Waals surface area contributed by atoms with Crippen molar-refractivity contribution < 1.29 is 17.6 Å². The van der Waals surface area contributed by atoms with Crippen LogP contribution in [-0.2, 0) is 14.6 Å². The molecule has 2 aromatic rings. The van der Waals surface area contributed by atoms with Gasteiger partial charge in [-0.05, 0) is 30.0 Å². The van der Waals surface area contributed by atoms with E-state index < -0.39 is 9.84 Å². The van der Waals surface area contributed by atoms with Gasteiger partial charge in [0, 0.05) is 18.4 Å². The molecule has 6 heteroatoms. The van der Waals surface area contributed by atoms with Gasteiger partial charge in [-0.1, -0.05) is 48.5 Å². The highest BCUT2D eigenvalue weighted by atomic mass is 32.2. The average Bonchev–Trinajstić information content (AvgIpc) is 2.63. The summed E-state index contributed by atoms with van der Waals surface area (Å²) in [6, 6.07) is 15.7. The number of sulfone groups is 1. The largest absolute Gasteiger partial charge is 0.353 e. The van der Waals surface area contributed by atoms with Crippen LogP contribution in [0.4, 0.5) is 4.39 Å². The molecule has 138 valence electrons. The third-order valence-electron chi connectivity index (χ3n) is 4.79. The Morgan fingerprint density at radius 2 is 1.65 bits per heavy atom. The second-order valence-corrected chi connectivity index (χ2v) is 8.99. The summed E-state index contributed by atoms with van der Waals surface area (Å²) in [6.07, 6.45) is 0.988. The molecule has 1 fully saturated rings. The number of carbonyl (C=O) groups excluding carboxylic acids is 1. The molecule has 0 unspecified atom stereocenters. The van der Waals surface area contributed by atoms with Crippen molar-refractivity contribution in [3.8, 4) is 0 Å². The third-order valence-corrected chi connectivity index (χ3v) is 6.51. The summed E-state index contributed by atoms with van der Waals surface area (Å²) in [5.74, 6) is -0.699. The number of amides is 1. The molecule has 4 nitrogen and oxygen atoms in total. The Morgan fingerprint density at radius 1 is 1.04 bits per heavy atom. The summed E-state index contributed by atoms with van der Waals surface area (Å²) in [5, 5.41) is 2.92. The van der Waals surface area contributed by atoms with Crippen molar-refractivity contribution in [2.75, 3.05) is 11.5 Å². The molecule has 1 saturated heterocycles. The molecular formula is C20H22FNO3S. The summed E-state index contributed by atoms with van der Waals surface area (Å²) in [5.41, 5.74) is 1.36.